The van der Waals surface area contributed by atoms with E-state index in [9.17, 15) is 18.0 Å². The number of fused-ring (bicyclic) bond motifs is 1. The number of anilines is 1. The molecule has 5 nitrogen and oxygen atoms in total. The summed E-state index contributed by atoms with van der Waals surface area (Å²) in [5.74, 6) is -1.24. The summed E-state index contributed by atoms with van der Waals surface area (Å²) in [7, 11) is 0. The van der Waals surface area contributed by atoms with Gasteiger partial charge in [-0.1, -0.05) is 0 Å². The van der Waals surface area contributed by atoms with Crippen LogP contribution < -0.4 is 5.32 Å². The second-order valence-corrected chi connectivity index (χ2v) is 9.28. The Balaban J connectivity index is 1.64. The first kappa shape index (κ1) is 25.5. The number of pyridine rings is 2. The van der Waals surface area contributed by atoms with Crippen molar-refractivity contribution in [1.82, 2.24) is 14.9 Å². The number of carbonyl (C=O) groups is 1. The molecule has 3 heterocycles. The first-order valence-corrected chi connectivity index (χ1v) is 11.4. The van der Waals surface area contributed by atoms with E-state index in [-0.39, 0.29) is 28.3 Å². The van der Waals surface area contributed by atoms with E-state index in [1.807, 2.05) is 6.92 Å². The second kappa shape index (κ2) is 9.15. The van der Waals surface area contributed by atoms with E-state index in [1.165, 1.54) is 12.3 Å². The largest absolute Gasteiger partial charge is 0.399 e. The Morgan fingerprint density at radius 1 is 1.03 bits per heavy atom. The standard InChI is InChI=1S/C26H25F5N4O/c1-5-35-13-19-16(24(35)36)7-9-33-23(19)34-14(2)17-11-21(28)18(12-20(17)27)15-6-8-32-22(10-15)25(3,4)26(29,30)31/h6-12,14H,5,13H2,1-4H3,(H,33,34). The lowest BCUT2D eigenvalue weighted by molar-refractivity contribution is -0.181. The summed E-state index contributed by atoms with van der Waals surface area (Å²) in [4.78, 5) is 22.2. The number of nitrogens with zero attached hydrogens (tertiary/aromatic N) is 3. The highest BCUT2D eigenvalue weighted by molar-refractivity contribution is 5.99. The van der Waals surface area contributed by atoms with Crippen LogP contribution in [0.1, 0.15) is 60.9 Å². The van der Waals surface area contributed by atoms with Crippen molar-refractivity contribution in [3.63, 3.8) is 0 Å². The number of alkyl halides is 3. The summed E-state index contributed by atoms with van der Waals surface area (Å²) >= 11 is 0. The summed E-state index contributed by atoms with van der Waals surface area (Å²) < 4.78 is 70.7. The van der Waals surface area contributed by atoms with Gasteiger partial charge < -0.3 is 10.2 Å². The molecule has 1 aromatic carbocycles. The molecule has 1 atom stereocenters. The predicted molar refractivity (Wildman–Crippen MR) is 125 cm³/mol. The van der Waals surface area contributed by atoms with E-state index < -0.39 is 29.3 Å². The van der Waals surface area contributed by atoms with Crippen molar-refractivity contribution in [3.8, 4) is 11.1 Å². The molecule has 0 radical (unpaired) electrons. The zero-order chi connectivity index (χ0) is 26.4. The Labute approximate surface area is 205 Å². The topological polar surface area (TPSA) is 58.1 Å². The highest BCUT2D eigenvalue weighted by Gasteiger charge is 2.49. The summed E-state index contributed by atoms with van der Waals surface area (Å²) in [6, 6.07) is 5.36. The van der Waals surface area contributed by atoms with Crippen LogP contribution in [-0.2, 0) is 12.0 Å². The minimum atomic E-state index is -4.57. The Kier molecular flexibility index (Phi) is 6.49. The molecular formula is C26H25F5N4O. The monoisotopic (exact) mass is 504 g/mol. The van der Waals surface area contributed by atoms with Crippen LogP contribution >= 0.6 is 0 Å². The molecule has 0 aliphatic carbocycles. The third-order valence-corrected chi connectivity index (χ3v) is 6.63. The van der Waals surface area contributed by atoms with Gasteiger partial charge in [-0.05, 0) is 63.6 Å². The molecule has 1 N–H and O–H groups in total. The molecule has 0 fully saturated rings. The molecule has 2 aromatic heterocycles. The Morgan fingerprint density at radius 3 is 2.39 bits per heavy atom. The fourth-order valence-corrected chi connectivity index (χ4v) is 4.15. The van der Waals surface area contributed by atoms with Gasteiger partial charge in [0, 0.05) is 41.2 Å². The van der Waals surface area contributed by atoms with Gasteiger partial charge in [0.15, 0.2) is 0 Å². The molecule has 4 rings (SSSR count). The van der Waals surface area contributed by atoms with Gasteiger partial charge in [-0.15, -0.1) is 0 Å². The van der Waals surface area contributed by atoms with Crippen LogP contribution in [0, 0.1) is 11.6 Å². The van der Waals surface area contributed by atoms with Gasteiger partial charge in [-0.25, -0.2) is 13.8 Å². The molecule has 0 saturated carbocycles. The summed E-state index contributed by atoms with van der Waals surface area (Å²) in [6.45, 7) is 6.34. The van der Waals surface area contributed by atoms with E-state index in [0.717, 1.165) is 38.2 Å². The third kappa shape index (κ3) is 4.40. The number of halogens is 5. The Hall–Kier alpha value is -3.56. The molecule has 190 valence electrons. The lowest BCUT2D eigenvalue weighted by Gasteiger charge is -2.27. The molecule has 1 aliphatic rings. The number of hydrogen-bond donors (Lipinski definition) is 1. The lowest BCUT2D eigenvalue weighted by atomic mass is 9.86. The fraction of sp³-hybridized carbons (Fsp3) is 0.346. The highest BCUT2D eigenvalue weighted by Crippen LogP contribution is 2.41. The molecule has 0 bridgehead atoms. The van der Waals surface area contributed by atoms with Gasteiger partial charge >= 0.3 is 6.18 Å². The zero-order valence-electron chi connectivity index (χ0n) is 20.2. The van der Waals surface area contributed by atoms with E-state index in [2.05, 4.69) is 15.3 Å². The van der Waals surface area contributed by atoms with E-state index in [4.69, 9.17) is 0 Å². The number of nitrogens with one attached hydrogen (secondary N) is 1. The van der Waals surface area contributed by atoms with Gasteiger partial charge in [-0.3, -0.25) is 9.78 Å². The van der Waals surface area contributed by atoms with Crippen molar-refractivity contribution >= 4 is 11.7 Å². The first-order chi connectivity index (χ1) is 16.8. The number of aromatic nitrogens is 2. The van der Waals surface area contributed by atoms with Gasteiger partial charge in [0.2, 0.25) is 0 Å². The maximum atomic E-state index is 15.2. The summed E-state index contributed by atoms with van der Waals surface area (Å²) in [6.07, 6.45) is -1.94. The smallest absolute Gasteiger partial charge is 0.363 e. The molecule has 36 heavy (non-hydrogen) atoms. The molecule has 1 unspecified atom stereocenters. The minimum absolute atomic E-state index is 0.0113. The van der Waals surface area contributed by atoms with Crippen LogP contribution in [0.2, 0.25) is 0 Å². The number of hydrogen-bond acceptors (Lipinski definition) is 4. The Morgan fingerprint density at radius 2 is 1.72 bits per heavy atom. The third-order valence-electron chi connectivity index (χ3n) is 6.63. The normalized spacial score (nSPS) is 14.7. The molecule has 1 aliphatic heterocycles. The maximum absolute atomic E-state index is 15.2. The van der Waals surface area contributed by atoms with Crippen molar-refractivity contribution in [2.75, 3.05) is 11.9 Å². The van der Waals surface area contributed by atoms with Crippen molar-refractivity contribution in [2.45, 2.75) is 51.9 Å². The summed E-state index contributed by atoms with van der Waals surface area (Å²) in [5, 5.41) is 3.06. The number of benzene rings is 1. The second-order valence-electron chi connectivity index (χ2n) is 9.28. The average Bonchev–Trinajstić information content (AvgIpc) is 3.16. The SMILES string of the molecule is CCN1Cc2c(ccnc2NC(C)c2cc(F)c(-c3ccnc(C(C)(C)C(F)(F)F)c3)cc2F)C1=O. The van der Waals surface area contributed by atoms with Crippen molar-refractivity contribution in [1.29, 1.82) is 0 Å². The zero-order valence-corrected chi connectivity index (χ0v) is 20.2. The van der Waals surface area contributed by atoms with Crippen molar-refractivity contribution in [2.24, 2.45) is 0 Å². The van der Waals surface area contributed by atoms with Crippen LogP contribution in [0.15, 0.2) is 42.7 Å². The van der Waals surface area contributed by atoms with Crippen LogP contribution in [0.3, 0.4) is 0 Å². The fourth-order valence-electron chi connectivity index (χ4n) is 4.15. The highest BCUT2D eigenvalue weighted by atomic mass is 19.4. The van der Waals surface area contributed by atoms with E-state index >= 15 is 8.78 Å². The Bertz CT molecular complexity index is 1320. The minimum Gasteiger partial charge on any atom is -0.363 e. The van der Waals surface area contributed by atoms with Crippen LogP contribution in [0.25, 0.3) is 11.1 Å². The van der Waals surface area contributed by atoms with Gasteiger partial charge in [-0.2, -0.15) is 13.2 Å². The van der Waals surface area contributed by atoms with Crippen molar-refractivity contribution < 1.29 is 26.7 Å². The van der Waals surface area contributed by atoms with E-state index in [1.54, 1.807) is 17.9 Å². The molecule has 0 spiro atoms. The number of rotatable bonds is 6. The molecule has 0 saturated heterocycles. The molecular weight excluding hydrogens is 479 g/mol. The van der Waals surface area contributed by atoms with E-state index in [0.29, 0.717) is 30.0 Å². The first-order valence-electron chi connectivity index (χ1n) is 11.4. The van der Waals surface area contributed by atoms with Crippen LogP contribution in [-0.4, -0.2) is 33.5 Å². The van der Waals surface area contributed by atoms with Crippen LogP contribution in [0.5, 0.6) is 0 Å². The van der Waals surface area contributed by atoms with Gasteiger partial charge in [0.05, 0.1) is 18.3 Å². The number of carbonyl (C=O) groups excluding carboxylic acids is 1. The molecule has 10 heteroatoms. The number of amides is 1. The van der Waals surface area contributed by atoms with Crippen molar-refractivity contribution in [3.05, 3.63) is 76.7 Å². The maximum Gasteiger partial charge on any atom is 0.399 e. The molecule has 3 aromatic rings. The quantitative estimate of drug-likeness (QED) is 0.394. The summed E-state index contributed by atoms with van der Waals surface area (Å²) in [5.41, 5.74) is -1.45. The predicted octanol–water partition coefficient (Wildman–Crippen LogP) is 6.41. The average molecular weight is 505 g/mol. The lowest BCUT2D eigenvalue weighted by Crippen LogP contribution is -2.37. The molecule has 1 amide bonds. The van der Waals surface area contributed by atoms with Crippen LogP contribution in [0.4, 0.5) is 27.8 Å². The van der Waals surface area contributed by atoms with Gasteiger partial charge in [0.25, 0.3) is 5.91 Å². The van der Waals surface area contributed by atoms with Gasteiger partial charge in [0.1, 0.15) is 22.9 Å².